The van der Waals surface area contributed by atoms with Gasteiger partial charge in [0.25, 0.3) is 0 Å². The third-order valence-corrected chi connectivity index (χ3v) is 6.75. The third kappa shape index (κ3) is 5.17. The van der Waals surface area contributed by atoms with Gasteiger partial charge in [-0.3, -0.25) is 14.4 Å². The number of nitrogens with zero attached hydrogens (tertiary/aromatic N) is 4. The fourth-order valence-corrected chi connectivity index (χ4v) is 4.78. The van der Waals surface area contributed by atoms with E-state index in [0.29, 0.717) is 17.1 Å². The molecule has 1 N–H and O–H groups in total. The van der Waals surface area contributed by atoms with E-state index in [1.165, 1.54) is 5.56 Å². The Labute approximate surface area is 195 Å². The number of likely N-dealkylation sites (tertiary alicyclic amines) is 1. The van der Waals surface area contributed by atoms with Crippen molar-refractivity contribution in [1.29, 1.82) is 0 Å². The molecule has 31 heavy (non-hydrogen) atoms. The zero-order chi connectivity index (χ0) is 22.0. The number of halogens is 2. The van der Waals surface area contributed by atoms with Crippen LogP contribution in [-0.2, 0) is 18.4 Å². The van der Waals surface area contributed by atoms with E-state index in [-0.39, 0.29) is 23.9 Å². The molecule has 0 radical (unpaired) electrons. The van der Waals surface area contributed by atoms with Gasteiger partial charge in [-0.1, -0.05) is 47.1 Å². The molecule has 6 nitrogen and oxygen atoms in total. The standard InChI is InChI=1S/C23H25BrClN5O/c1-15-10-17(23(31)26-20-12-18(25)8-9-19(20)24)11-22(21-14-29(2)28-27-21)30(15)13-16-6-4-3-5-7-16/h3-9,12,14-15,17,22H,10-11,13H2,1-2H3,(H,26,31)/t15-,17?,22-/m0/s1. The Hall–Kier alpha value is -2.22. The largest absolute Gasteiger partial charge is 0.325 e. The molecule has 0 aliphatic carbocycles. The van der Waals surface area contributed by atoms with Gasteiger partial charge in [-0.15, -0.1) is 5.10 Å². The van der Waals surface area contributed by atoms with E-state index < -0.39 is 0 Å². The van der Waals surface area contributed by atoms with Crippen LogP contribution < -0.4 is 5.32 Å². The van der Waals surface area contributed by atoms with Crippen molar-refractivity contribution in [3.8, 4) is 0 Å². The lowest BCUT2D eigenvalue weighted by Gasteiger charge is -2.43. The molecular formula is C23H25BrClN5O. The van der Waals surface area contributed by atoms with Gasteiger partial charge in [0.15, 0.2) is 0 Å². The number of nitrogens with one attached hydrogen (secondary N) is 1. The van der Waals surface area contributed by atoms with Crippen LogP contribution in [-0.4, -0.2) is 31.8 Å². The number of carbonyl (C=O) groups excluding carboxylic acids is 1. The second-order valence-corrected chi connectivity index (χ2v) is 9.41. The molecule has 0 spiro atoms. The zero-order valence-electron chi connectivity index (χ0n) is 17.5. The number of rotatable bonds is 5. The molecule has 4 rings (SSSR count). The van der Waals surface area contributed by atoms with Crippen molar-refractivity contribution >= 4 is 39.1 Å². The lowest BCUT2D eigenvalue weighted by atomic mass is 9.84. The average molecular weight is 503 g/mol. The van der Waals surface area contributed by atoms with E-state index in [9.17, 15) is 4.79 Å². The van der Waals surface area contributed by atoms with Crippen molar-refractivity contribution in [2.24, 2.45) is 13.0 Å². The molecule has 1 amide bonds. The molecule has 0 bridgehead atoms. The second kappa shape index (κ2) is 9.51. The molecule has 1 aliphatic rings. The fraction of sp³-hybridized carbons (Fsp3) is 0.348. The van der Waals surface area contributed by atoms with Crippen molar-refractivity contribution in [3.05, 3.63) is 75.5 Å². The summed E-state index contributed by atoms with van der Waals surface area (Å²) in [6.07, 6.45) is 3.40. The summed E-state index contributed by atoms with van der Waals surface area (Å²) in [6.45, 7) is 2.98. The molecular weight excluding hydrogens is 478 g/mol. The first kappa shape index (κ1) is 22.0. The summed E-state index contributed by atoms with van der Waals surface area (Å²) in [5.41, 5.74) is 2.83. The summed E-state index contributed by atoms with van der Waals surface area (Å²) in [6, 6.07) is 16.0. The molecule has 8 heteroatoms. The number of aryl methyl sites for hydroxylation is 1. The lowest BCUT2D eigenvalue weighted by Crippen LogP contribution is -2.45. The average Bonchev–Trinajstić information content (AvgIpc) is 3.19. The van der Waals surface area contributed by atoms with Gasteiger partial charge in [0.1, 0.15) is 0 Å². The molecule has 1 aliphatic heterocycles. The van der Waals surface area contributed by atoms with Gasteiger partial charge in [-0.2, -0.15) is 0 Å². The van der Waals surface area contributed by atoms with E-state index in [1.807, 2.05) is 25.4 Å². The number of aromatic nitrogens is 3. The number of carbonyl (C=O) groups is 1. The number of piperidine rings is 1. The highest BCUT2D eigenvalue weighted by Crippen LogP contribution is 2.39. The highest BCUT2D eigenvalue weighted by atomic mass is 79.9. The van der Waals surface area contributed by atoms with E-state index >= 15 is 0 Å². The number of anilines is 1. The summed E-state index contributed by atoms with van der Waals surface area (Å²) in [7, 11) is 1.87. The van der Waals surface area contributed by atoms with Crippen LogP contribution in [0.5, 0.6) is 0 Å². The summed E-state index contributed by atoms with van der Waals surface area (Å²) in [4.78, 5) is 15.6. The van der Waals surface area contributed by atoms with Crippen LogP contribution in [0.3, 0.4) is 0 Å². The third-order valence-electron chi connectivity index (χ3n) is 5.83. The smallest absolute Gasteiger partial charge is 0.227 e. The Balaban J connectivity index is 1.57. The topological polar surface area (TPSA) is 63.1 Å². The zero-order valence-corrected chi connectivity index (χ0v) is 19.8. The van der Waals surface area contributed by atoms with Crippen LogP contribution in [0.25, 0.3) is 0 Å². The van der Waals surface area contributed by atoms with Gasteiger partial charge < -0.3 is 5.32 Å². The maximum atomic E-state index is 13.2. The van der Waals surface area contributed by atoms with Gasteiger partial charge in [0, 0.05) is 41.2 Å². The molecule has 3 aromatic rings. The highest BCUT2D eigenvalue weighted by molar-refractivity contribution is 9.10. The first-order chi connectivity index (χ1) is 14.9. The van der Waals surface area contributed by atoms with Crippen LogP contribution in [0.1, 0.15) is 37.1 Å². The predicted octanol–water partition coefficient (Wildman–Crippen LogP) is 5.21. The Morgan fingerprint density at radius 2 is 2.00 bits per heavy atom. The molecule has 1 aromatic heterocycles. The molecule has 0 saturated carbocycles. The molecule has 2 aromatic carbocycles. The van der Waals surface area contributed by atoms with Gasteiger partial charge in [-0.05, 0) is 59.5 Å². The minimum atomic E-state index is -0.139. The predicted molar refractivity (Wildman–Crippen MR) is 126 cm³/mol. The first-order valence-corrected chi connectivity index (χ1v) is 11.5. The number of hydrogen-bond donors (Lipinski definition) is 1. The fourth-order valence-electron chi connectivity index (χ4n) is 4.27. The SMILES string of the molecule is C[C@H]1CC(C(=O)Nc2cc(Cl)ccc2Br)C[C@@H](c2cn(C)nn2)N1Cc1ccccc1. The minimum absolute atomic E-state index is 0.00284. The Bertz CT molecular complexity index is 1060. The monoisotopic (exact) mass is 501 g/mol. The van der Waals surface area contributed by atoms with Crippen molar-refractivity contribution in [3.63, 3.8) is 0 Å². The van der Waals surface area contributed by atoms with Gasteiger partial charge in [0.05, 0.1) is 17.4 Å². The molecule has 1 saturated heterocycles. The van der Waals surface area contributed by atoms with Crippen LogP contribution in [0.2, 0.25) is 5.02 Å². The van der Waals surface area contributed by atoms with Crippen molar-refractivity contribution in [2.75, 3.05) is 5.32 Å². The molecule has 1 unspecified atom stereocenters. The van der Waals surface area contributed by atoms with Crippen LogP contribution >= 0.6 is 27.5 Å². The maximum Gasteiger partial charge on any atom is 0.227 e. The first-order valence-electron chi connectivity index (χ1n) is 10.3. The summed E-state index contributed by atoms with van der Waals surface area (Å²) < 4.78 is 2.53. The second-order valence-electron chi connectivity index (χ2n) is 8.12. The van der Waals surface area contributed by atoms with Crippen LogP contribution in [0.15, 0.2) is 59.2 Å². The summed E-state index contributed by atoms with van der Waals surface area (Å²) in [5, 5.41) is 12.2. The van der Waals surface area contributed by atoms with Gasteiger partial charge >= 0.3 is 0 Å². The normalized spacial score (nSPS) is 21.7. The molecule has 1 fully saturated rings. The Morgan fingerprint density at radius 3 is 2.71 bits per heavy atom. The molecule has 3 atom stereocenters. The number of benzene rings is 2. The molecule has 162 valence electrons. The summed E-state index contributed by atoms with van der Waals surface area (Å²) in [5.74, 6) is -0.136. The van der Waals surface area contributed by atoms with E-state index in [2.05, 4.69) is 67.6 Å². The minimum Gasteiger partial charge on any atom is -0.325 e. The maximum absolute atomic E-state index is 13.2. The highest BCUT2D eigenvalue weighted by Gasteiger charge is 2.38. The van der Waals surface area contributed by atoms with Crippen molar-refractivity contribution in [1.82, 2.24) is 19.9 Å². The van der Waals surface area contributed by atoms with Crippen LogP contribution in [0, 0.1) is 5.92 Å². The number of amides is 1. The molecule has 2 heterocycles. The van der Waals surface area contributed by atoms with Gasteiger partial charge in [0.2, 0.25) is 5.91 Å². The summed E-state index contributed by atoms with van der Waals surface area (Å²) >= 11 is 9.60. The Morgan fingerprint density at radius 1 is 1.23 bits per heavy atom. The van der Waals surface area contributed by atoms with E-state index in [0.717, 1.165) is 23.1 Å². The van der Waals surface area contributed by atoms with E-state index in [4.69, 9.17) is 11.6 Å². The van der Waals surface area contributed by atoms with Gasteiger partial charge in [-0.25, -0.2) is 0 Å². The number of hydrogen-bond acceptors (Lipinski definition) is 4. The van der Waals surface area contributed by atoms with Crippen LogP contribution in [0.4, 0.5) is 5.69 Å². The lowest BCUT2D eigenvalue weighted by molar-refractivity contribution is -0.123. The van der Waals surface area contributed by atoms with Crippen molar-refractivity contribution < 1.29 is 4.79 Å². The van der Waals surface area contributed by atoms with Crippen molar-refractivity contribution in [2.45, 2.75) is 38.4 Å². The Kier molecular flexibility index (Phi) is 6.74. The van der Waals surface area contributed by atoms with E-state index in [1.54, 1.807) is 16.8 Å². The quantitative estimate of drug-likeness (QED) is 0.520.